The monoisotopic (exact) mass is 361 g/mol. The molecule has 1 aromatic carbocycles. The maximum Gasteiger partial charge on any atom is 0.269 e. The maximum atomic E-state index is 12.8. The molecule has 1 N–H and O–H groups in total. The van der Waals surface area contributed by atoms with Crippen LogP contribution in [0.15, 0.2) is 48.9 Å². The van der Waals surface area contributed by atoms with Crippen LogP contribution in [0.1, 0.15) is 53.5 Å². The number of imidazole rings is 1. The lowest BCUT2D eigenvalue weighted by Crippen LogP contribution is -2.29. The van der Waals surface area contributed by atoms with E-state index in [2.05, 4.69) is 26.2 Å². The number of benzene rings is 1. The molecule has 0 saturated heterocycles. The van der Waals surface area contributed by atoms with Crippen LogP contribution in [0.3, 0.4) is 0 Å². The van der Waals surface area contributed by atoms with Crippen molar-refractivity contribution in [2.75, 3.05) is 0 Å². The zero-order valence-electron chi connectivity index (χ0n) is 15.2. The van der Waals surface area contributed by atoms with Crippen LogP contribution in [0.5, 0.6) is 0 Å². The molecule has 6 nitrogen and oxygen atoms in total. The highest BCUT2D eigenvalue weighted by atomic mass is 16.2. The molecule has 3 aromatic rings. The quantitative estimate of drug-likeness (QED) is 0.777. The number of aryl methyl sites for hydroxylation is 1. The minimum Gasteiger partial charge on any atom is -0.347 e. The molecule has 1 amide bonds. The van der Waals surface area contributed by atoms with Crippen molar-refractivity contribution >= 4 is 5.91 Å². The summed E-state index contributed by atoms with van der Waals surface area (Å²) >= 11 is 0. The first-order valence-corrected chi connectivity index (χ1v) is 9.75. The van der Waals surface area contributed by atoms with Crippen molar-refractivity contribution < 1.29 is 4.79 Å². The maximum absolute atomic E-state index is 12.8. The van der Waals surface area contributed by atoms with Gasteiger partial charge in [0.1, 0.15) is 11.5 Å². The average Bonchev–Trinajstić information content (AvgIpc) is 3.18. The first-order chi connectivity index (χ1) is 13.3. The van der Waals surface area contributed by atoms with Gasteiger partial charge in [-0.05, 0) is 37.0 Å². The van der Waals surface area contributed by atoms with Crippen LogP contribution in [0.25, 0.3) is 5.69 Å². The minimum atomic E-state index is -0.00130. The predicted octanol–water partition coefficient (Wildman–Crippen LogP) is 3.08. The van der Waals surface area contributed by atoms with Gasteiger partial charge in [-0.3, -0.25) is 4.79 Å². The second-order valence-electron chi connectivity index (χ2n) is 7.50. The van der Waals surface area contributed by atoms with E-state index < -0.39 is 0 Å². The highest BCUT2D eigenvalue weighted by Crippen LogP contribution is 2.41. The van der Waals surface area contributed by atoms with Crippen molar-refractivity contribution in [1.82, 2.24) is 24.6 Å². The van der Waals surface area contributed by atoms with Crippen molar-refractivity contribution in [1.29, 1.82) is 0 Å². The van der Waals surface area contributed by atoms with Gasteiger partial charge in [0.05, 0.1) is 18.1 Å². The largest absolute Gasteiger partial charge is 0.347 e. The Hall–Kier alpha value is -2.89. The molecule has 3 heterocycles. The number of rotatable bonds is 4. The Morgan fingerprint density at radius 2 is 2.00 bits per heavy atom. The van der Waals surface area contributed by atoms with E-state index in [4.69, 9.17) is 0 Å². The van der Waals surface area contributed by atoms with E-state index in [1.165, 1.54) is 12.0 Å². The van der Waals surface area contributed by atoms with Gasteiger partial charge >= 0.3 is 0 Å². The van der Waals surface area contributed by atoms with Gasteiger partial charge in [0.25, 0.3) is 5.91 Å². The molecular weight excluding hydrogens is 338 g/mol. The van der Waals surface area contributed by atoms with Gasteiger partial charge < -0.3 is 9.88 Å². The third-order valence-corrected chi connectivity index (χ3v) is 5.61. The first kappa shape index (κ1) is 16.3. The number of amides is 1. The molecule has 2 atom stereocenters. The molecule has 1 fully saturated rings. The third-order valence-electron chi connectivity index (χ3n) is 5.61. The summed E-state index contributed by atoms with van der Waals surface area (Å²) in [6.45, 7) is 0.899. The molecule has 1 aliphatic carbocycles. The molecule has 2 aromatic heterocycles. The summed E-state index contributed by atoms with van der Waals surface area (Å²) in [6, 6.07) is 10.3. The molecule has 1 aliphatic heterocycles. The molecular formula is C21H23N5O. The Bertz CT molecular complexity index is 958. The van der Waals surface area contributed by atoms with Crippen LogP contribution >= 0.6 is 0 Å². The van der Waals surface area contributed by atoms with Gasteiger partial charge in [-0.25, -0.2) is 9.67 Å². The van der Waals surface area contributed by atoms with E-state index in [0.717, 1.165) is 43.7 Å². The van der Waals surface area contributed by atoms with E-state index in [1.54, 1.807) is 6.20 Å². The highest BCUT2D eigenvalue weighted by Gasteiger charge is 2.41. The van der Waals surface area contributed by atoms with E-state index in [-0.39, 0.29) is 11.9 Å². The smallest absolute Gasteiger partial charge is 0.269 e. The molecule has 27 heavy (non-hydrogen) atoms. The summed E-state index contributed by atoms with van der Waals surface area (Å²) in [6.07, 6.45) is 11.1. The van der Waals surface area contributed by atoms with E-state index in [0.29, 0.717) is 11.6 Å². The van der Waals surface area contributed by atoms with Crippen LogP contribution in [0, 0.1) is 0 Å². The van der Waals surface area contributed by atoms with E-state index >= 15 is 0 Å². The summed E-state index contributed by atoms with van der Waals surface area (Å²) in [5.41, 5.74) is 2.93. The fraction of sp³-hybridized carbons (Fsp3) is 0.381. The number of hydrogen-bond acceptors (Lipinski definition) is 3. The van der Waals surface area contributed by atoms with Crippen LogP contribution in [0.4, 0.5) is 0 Å². The number of carbonyl (C=O) groups is 1. The first-order valence-electron chi connectivity index (χ1n) is 9.75. The molecule has 2 aliphatic rings. The van der Waals surface area contributed by atoms with Gasteiger partial charge in [0.2, 0.25) is 0 Å². The van der Waals surface area contributed by atoms with Crippen molar-refractivity contribution in [3.63, 3.8) is 0 Å². The molecule has 0 spiro atoms. The Balaban J connectivity index is 1.26. The fourth-order valence-electron chi connectivity index (χ4n) is 3.99. The standard InChI is InChI=1S/C21H23N5O/c27-21(19-13-22-20-9-5-2-6-10-25(19)20)24-18-11-17(18)15-12-23-26(14-15)16-7-3-1-4-8-16/h1,3-4,7-8,12-14,17-18H,2,5-6,9-11H2,(H,24,27)/t17-,18+/m0/s1. The third kappa shape index (κ3) is 3.16. The van der Waals surface area contributed by atoms with Gasteiger partial charge in [0, 0.05) is 31.1 Å². The zero-order chi connectivity index (χ0) is 18.2. The number of nitrogens with one attached hydrogen (secondary N) is 1. The van der Waals surface area contributed by atoms with E-state index in [9.17, 15) is 4.79 Å². The Labute approximate surface area is 158 Å². The number of carbonyl (C=O) groups excluding carboxylic acids is 1. The number of para-hydroxylation sites is 1. The molecule has 0 radical (unpaired) electrons. The molecule has 6 heteroatoms. The normalized spacial score (nSPS) is 21.3. The number of aromatic nitrogens is 4. The predicted molar refractivity (Wildman–Crippen MR) is 102 cm³/mol. The Morgan fingerprint density at radius 1 is 1.11 bits per heavy atom. The molecule has 138 valence electrons. The molecule has 0 bridgehead atoms. The van der Waals surface area contributed by atoms with Gasteiger partial charge in [-0.2, -0.15) is 5.10 Å². The molecule has 1 saturated carbocycles. The van der Waals surface area contributed by atoms with Gasteiger partial charge in [-0.15, -0.1) is 0 Å². The number of fused-ring (bicyclic) bond motifs is 1. The van der Waals surface area contributed by atoms with Crippen LogP contribution in [0.2, 0.25) is 0 Å². The second-order valence-corrected chi connectivity index (χ2v) is 7.50. The lowest BCUT2D eigenvalue weighted by molar-refractivity contribution is 0.0940. The summed E-state index contributed by atoms with van der Waals surface area (Å²) in [5.74, 6) is 1.39. The van der Waals surface area contributed by atoms with Crippen molar-refractivity contribution in [3.8, 4) is 5.69 Å². The van der Waals surface area contributed by atoms with Gasteiger partial charge in [-0.1, -0.05) is 24.6 Å². The number of nitrogens with zero attached hydrogens (tertiary/aromatic N) is 4. The SMILES string of the molecule is O=C(N[C@@H]1C[C@H]1c1cnn(-c2ccccc2)c1)c1cnc2n1CCCCC2. The minimum absolute atomic E-state index is 0.00130. The summed E-state index contributed by atoms with van der Waals surface area (Å²) in [7, 11) is 0. The molecule has 0 unspecified atom stereocenters. The summed E-state index contributed by atoms with van der Waals surface area (Å²) in [4.78, 5) is 17.2. The topological polar surface area (TPSA) is 64.7 Å². The van der Waals surface area contributed by atoms with Crippen molar-refractivity contribution in [2.45, 2.75) is 50.6 Å². The van der Waals surface area contributed by atoms with Crippen LogP contribution < -0.4 is 5.32 Å². The average molecular weight is 361 g/mol. The highest BCUT2D eigenvalue weighted by molar-refractivity contribution is 5.93. The Kier molecular flexibility index (Phi) is 4.03. The fourth-order valence-corrected chi connectivity index (χ4v) is 3.99. The second kappa shape index (κ2) is 6.68. The Morgan fingerprint density at radius 3 is 2.89 bits per heavy atom. The van der Waals surface area contributed by atoms with Crippen LogP contribution in [-0.2, 0) is 13.0 Å². The van der Waals surface area contributed by atoms with Crippen molar-refractivity contribution in [3.05, 3.63) is 66.0 Å². The van der Waals surface area contributed by atoms with Crippen molar-refractivity contribution in [2.24, 2.45) is 0 Å². The van der Waals surface area contributed by atoms with Crippen LogP contribution in [-0.4, -0.2) is 31.3 Å². The summed E-state index contributed by atoms with van der Waals surface area (Å²) in [5, 5.41) is 7.66. The molecule has 5 rings (SSSR count). The summed E-state index contributed by atoms with van der Waals surface area (Å²) < 4.78 is 4.00. The van der Waals surface area contributed by atoms with E-state index in [1.807, 2.05) is 41.2 Å². The lowest BCUT2D eigenvalue weighted by Gasteiger charge is -2.09. The van der Waals surface area contributed by atoms with Gasteiger partial charge in [0.15, 0.2) is 0 Å². The zero-order valence-corrected chi connectivity index (χ0v) is 15.2. The number of hydrogen-bond donors (Lipinski definition) is 1. The lowest BCUT2D eigenvalue weighted by atomic mass is 10.2.